The molecule has 1 N–H and O–H groups in total. The molecule has 0 aliphatic rings. The normalized spacial score (nSPS) is 10.8. The van der Waals surface area contributed by atoms with E-state index in [-0.39, 0.29) is 5.56 Å². The Hall–Kier alpha value is -2.46. The molecule has 3 aromatic rings. The molecule has 0 saturated heterocycles. The van der Waals surface area contributed by atoms with Gasteiger partial charge in [0.15, 0.2) is 0 Å². The highest BCUT2D eigenvalue weighted by atomic mass is 35.5. The van der Waals surface area contributed by atoms with E-state index in [1.54, 1.807) is 34.9 Å². The Kier molecular flexibility index (Phi) is 3.77. The summed E-state index contributed by atoms with van der Waals surface area (Å²) >= 11 is 6.32. The molecule has 0 saturated carbocycles. The molecule has 5 heteroatoms. The molecule has 0 fully saturated rings. The number of carboxylic acid groups (broad SMARTS) is 1. The second-order valence-electron chi connectivity index (χ2n) is 4.79. The lowest BCUT2D eigenvalue weighted by Crippen LogP contribution is -1.98. The van der Waals surface area contributed by atoms with Gasteiger partial charge < -0.3 is 14.2 Å². The van der Waals surface area contributed by atoms with Gasteiger partial charge in [-0.25, -0.2) is 4.79 Å². The lowest BCUT2D eigenvalue weighted by atomic mass is 10.0. The topological polar surface area (TPSA) is 50.9 Å². The van der Waals surface area contributed by atoms with E-state index in [0.717, 1.165) is 0 Å². The van der Waals surface area contributed by atoms with Gasteiger partial charge in [-0.3, -0.25) is 0 Å². The first-order valence-electron chi connectivity index (χ1n) is 6.87. The number of aromatic carboxylic acids is 1. The summed E-state index contributed by atoms with van der Waals surface area (Å²) in [5.74, 6) is -0.314. The van der Waals surface area contributed by atoms with Crippen molar-refractivity contribution in [3.8, 4) is 16.9 Å². The fourth-order valence-electron chi connectivity index (χ4n) is 2.52. The Labute approximate surface area is 132 Å². The molecule has 2 heterocycles. The van der Waals surface area contributed by atoms with Gasteiger partial charge in [0, 0.05) is 23.5 Å². The van der Waals surface area contributed by atoms with Gasteiger partial charge in [-0.1, -0.05) is 17.7 Å². The van der Waals surface area contributed by atoms with Gasteiger partial charge >= 0.3 is 5.97 Å². The minimum Gasteiger partial charge on any atom is -0.494 e. The molecule has 0 radical (unpaired) electrons. The van der Waals surface area contributed by atoms with E-state index in [0.29, 0.717) is 34.0 Å². The Morgan fingerprint density at radius 3 is 2.77 bits per heavy atom. The number of halogens is 1. The van der Waals surface area contributed by atoms with E-state index in [4.69, 9.17) is 16.3 Å². The van der Waals surface area contributed by atoms with Crippen LogP contribution in [0.15, 0.2) is 48.8 Å². The molecule has 0 spiro atoms. The highest BCUT2D eigenvalue weighted by molar-refractivity contribution is 6.33. The Balaban J connectivity index is 2.22. The second-order valence-corrected chi connectivity index (χ2v) is 5.20. The van der Waals surface area contributed by atoms with Crippen LogP contribution in [0.4, 0.5) is 0 Å². The molecule has 3 rings (SSSR count). The van der Waals surface area contributed by atoms with Crippen LogP contribution in [0.25, 0.3) is 16.6 Å². The summed E-state index contributed by atoms with van der Waals surface area (Å²) in [7, 11) is 0. The first-order chi connectivity index (χ1) is 10.6. The predicted molar refractivity (Wildman–Crippen MR) is 86.0 cm³/mol. The van der Waals surface area contributed by atoms with Gasteiger partial charge in [0.25, 0.3) is 0 Å². The third kappa shape index (κ3) is 2.42. The highest BCUT2D eigenvalue weighted by Gasteiger charge is 2.20. The van der Waals surface area contributed by atoms with E-state index < -0.39 is 5.97 Å². The van der Waals surface area contributed by atoms with Gasteiger partial charge in [-0.15, -0.1) is 0 Å². The molecule has 0 aliphatic carbocycles. The van der Waals surface area contributed by atoms with Crippen LogP contribution in [0.2, 0.25) is 5.02 Å². The molecule has 2 aromatic heterocycles. The summed E-state index contributed by atoms with van der Waals surface area (Å²) in [5, 5.41) is 10.0. The van der Waals surface area contributed by atoms with Crippen LogP contribution in [-0.4, -0.2) is 22.1 Å². The zero-order valence-electron chi connectivity index (χ0n) is 11.9. The molecule has 0 aliphatic heterocycles. The third-order valence-electron chi connectivity index (χ3n) is 3.44. The number of benzene rings is 1. The fraction of sp³-hybridized carbons (Fsp3) is 0.118. The quantitative estimate of drug-likeness (QED) is 0.778. The number of rotatable bonds is 4. The number of hydrogen-bond donors (Lipinski definition) is 1. The van der Waals surface area contributed by atoms with Crippen molar-refractivity contribution in [2.45, 2.75) is 6.92 Å². The number of fused-ring (bicyclic) bond motifs is 1. The molecule has 0 bridgehead atoms. The monoisotopic (exact) mass is 315 g/mol. The van der Waals surface area contributed by atoms with Crippen LogP contribution in [0.5, 0.6) is 5.75 Å². The molecular weight excluding hydrogens is 302 g/mol. The zero-order valence-corrected chi connectivity index (χ0v) is 12.7. The van der Waals surface area contributed by atoms with Crippen molar-refractivity contribution in [2.75, 3.05) is 6.61 Å². The molecule has 1 aromatic carbocycles. The lowest BCUT2D eigenvalue weighted by Gasteiger charge is -2.07. The number of ether oxygens (including phenoxy) is 1. The van der Waals surface area contributed by atoms with Crippen LogP contribution in [0, 0.1) is 0 Å². The summed E-state index contributed by atoms with van der Waals surface area (Å²) in [6.07, 6.45) is 3.59. The van der Waals surface area contributed by atoms with Crippen LogP contribution in [0.3, 0.4) is 0 Å². The number of pyridine rings is 1. The zero-order chi connectivity index (χ0) is 15.7. The van der Waals surface area contributed by atoms with Crippen molar-refractivity contribution in [2.24, 2.45) is 0 Å². The molecule has 4 nitrogen and oxygen atoms in total. The van der Waals surface area contributed by atoms with Crippen LogP contribution in [-0.2, 0) is 0 Å². The number of carboxylic acids is 1. The predicted octanol–water partition coefficient (Wildman–Crippen LogP) is 4.36. The smallest absolute Gasteiger partial charge is 0.338 e. The highest BCUT2D eigenvalue weighted by Crippen LogP contribution is 2.35. The largest absolute Gasteiger partial charge is 0.494 e. The lowest BCUT2D eigenvalue weighted by molar-refractivity contribution is 0.0700. The second kappa shape index (κ2) is 5.73. The minimum atomic E-state index is -0.978. The maximum atomic E-state index is 11.7. The van der Waals surface area contributed by atoms with E-state index in [1.807, 2.05) is 25.3 Å². The third-order valence-corrected chi connectivity index (χ3v) is 3.75. The molecular formula is C17H14ClNO3. The number of aromatic nitrogens is 1. The van der Waals surface area contributed by atoms with Crippen molar-refractivity contribution < 1.29 is 14.6 Å². The van der Waals surface area contributed by atoms with Crippen LogP contribution >= 0.6 is 11.6 Å². The molecule has 0 atom stereocenters. The number of carbonyl (C=O) groups is 1. The van der Waals surface area contributed by atoms with Crippen molar-refractivity contribution in [1.29, 1.82) is 0 Å². The summed E-state index contributed by atoms with van der Waals surface area (Å²) in [5.41, 5.74) is 2.14. The van der Waals surface area contributed by atoms with Crippen LogP contribution in [0.1, 0.15) is 17.3 Å². The molecule has 22 heavy (non-hydrogen) atoms. The molecule has 112 valence electrons. The van der Waals surface area contributed by atoms with Crippen molar-refractivity contribution in [1.82, 2.24) is 4.40 Å². The van der Waals surface area contributed by atoms with Crippen LogP contribution < -0.4 is 4.74 Å². The van der Waals surface area contributed by atoms with E-state index >= 15 is 0 Å². The Bertz CT molecular complexity index is 854. The van der Waals surface area contributed by atoms with Gasteiger partial charge in [-0.05, 0) is 37.3 Å². The average molecular weight is 316 g/mol. The average Bonchev–Trinajstić information content (AvgIpc) is 2.86. The summed E-state index contributed by atoms with van der Waals surface area (Å²) in [6, 6.07) is 10.7. The first-order valence-corrected chi connectivity index (χ1v) is 7.25. The number of nitrogens with zero attached hydrogens (tertiary/aromatic N) is 1. The van der Waals surface area contributed by atoms with E-state index in [2.05, 4.69) is 0 Å². The number of hydrogen-bond acceptors (Lipinski definition) is 2. The van der Waals surface area contributed by atoms with Crippen molar-refractivity contribution in [3.63, 3.8) is 0 Å². The summed E-state index contributed by atoms with van der Waals surface area (Å²) < 4.78 is 7.19. The maximum absolute atomic E-state index is 11.7. The summed E-state index contributed by atoms with van der Waals surface area (Å²) in [4.78, 5) is 11.7. The van der Waals surface area contributed by atoms with Gasteiger partial charge in [0.1, 0.15) is 5.75 Å². The first kappa shape index (κ1) is 14.5. The van der Waals surface area contributed by atoms with E-state index in [1.165, 1.54) is 0 Å². The molecule has 0 unspecified atom stereocenters. The van der Waals surface area contributed by atoms with Gasteiger partial charge in [0.2, 0.25) is 0 Å². The van der Waals surface area contributed by atoms with Crippen molar-refractivity contribution in [3.05, 3.63) is 59.4 Å². The molecule has 0 amide bonds. The summed E-state index contributed by atoms with van der Waals surface area (Å²) in [6.45, 7) is 2.44. The SMILES string of the molecule is CCOc1ccc(-c2cn3ccccc3c2C(=O)O)c(Cl)c1. The van der Waals surface area contributed by atoms with Gasteiger partial charge in [0.05, 0.1) is 22.7 Å². The fourth-order valence-corrected chi connectivity index (χ4v) is 2.79. The van der Waals surface area contributed by atoms with Gasteiger partial charge in [-0.2, -0.15) is 0 Å². The standard InChI is InChI=1S/C17H14ClNO3/c1-2-22-11-6-7-12(14(18)9-11)13-10-19-8-4-3-5-15(19)16(13)17(20)21/h3-10H,2H2,1H3,(H,20,21). The Morgan fingerprint density at radius 1 is 1.27 bits per heavy atom. The van der Waals surface area contributed by atoms with Crippen molar-refractivity contribution >= 4 is 23.1 Å². The minimum absolute atomic E-state index is 0.242. The maximum Gasteiger partial charge on any atom is 0.338 e. The van der Waals surface area contributed by atoms with E-state index in [9.17, 15) is 9.90 Å². The Morgan fingerprint density at radius 2 is 2.09 bits per heavy atom.